The number of amides is 1. The lowest BCUT2D eigenvalue weighted by Gasteiger charge is -2.29. The molecule has 0 radical (unpaired) electrons. The van der Waals surface area contributed by atoms with Crippen molar-refractivity contribution in [3.05, 3.63) is 35.1 Å². The second-order valence-electron chi connectivity index (χ2n) is 4.56. The summed E-state index contributed by atoms with van der Waals surface area (Å²) in [4.78, 5) is 11.9. The topological polar surface area (TPSA) is 29.1 Å². The minimum atomic E-state index is -1.57. The fraction of sp³-hybridized carbons (Fsp3) is 0.462. The van der Waals surface area contributed by atoms with Crippen molar-refractivity contribution in [2.45, 2.75) is 32.2 Å². The number of benzene rings is 1. The molecule has 1 aromatic rings. The fourth-order valence-corrected chi connectivity index (χ4v) is 2.44. The maximum atomic E-state index is 13.1. The highest BCUT2D eigenvalue weighted by Crippen LogP contribution is 2.18. The first-order valence-electron chi connectivity index (χ1n) is 5.86. The normalized spacial score (nSPS) is 14.0. The Morgan fingerprint density at radius 2 is 1.84 bits per heavy atom. The van der Waals surface area contributed by atoms with Crippen LogP contribution in [0.2, 0.25) is 0 Å². The first-order chi connectivity index (χ1) is 8.83. The van der Waals surface area contributed by atoms with Crippen molar-refractivity contribution in [1.82, 2.24) is 5.32 Å². The molecule has 0 bridgehead atoms. The van der Waals surface area contributed by atoms with Crippen LogP contribution >= 0.6 is 15.9 Å². The average Bonchev–Trinajstić information content (AvgIpc) is 2.35. The van der Waals surface area contributed by atoms with Crippen LogP contribution in [0.5, 0.6) is 0 Å². The SMILES string of the molecule is CCC(C)(CCBr)NC(=O)c1cc(F)c(F)c(F)c1. The molecule has 1 amide bonds. The maximum Gasteiger partial charge on any atom is 0.251 e. The molecule has 0 fully saturated rings. The van der Waals surface area contributed by atoms with Crippen LogP contribution in [-0.2, 0) is 0 Å². The molecule has 1 aromatic carbocycles. The summed E-state index contributed by atoms with van der Waals surface area (Å²) in [6.07, 6.45) is 1.33. The molecule has 1 atom stereocenters. The van der Waals surface area contributed by atoms with Crippen LogP contribution in [0.3, 0.4) is 0 Å². The number of carbonyl (C=O) groups excluding carboxylic acids is 1. The van der Waals surface area contributed by atoms with E-state index in [0.717, 1.165) is 0 Å². The second kappa shape index (κ2) is 6.41. The van der Waals surface area contributed by atoms with Gasteiger partial charge in [-0.3, -0.25) is 4.79 Å². The smallest absolute Gasteiger partial charge is 0.251 e. The van der Waals surface area contributed by atoms with Gasteiger partial charge in [0.15, 0.2) is 17.5 Å². The van der Waals surface area contributed by atoms with Crippen molar-refractivity contribution in [3.63, 3.8) is 0 Å². The highest BCUT2D eigenvalue weighted by molar-refractivity contribution is 9.09. The largest absolute Gasteiger partial charge is 0.347 e. The highest BCUT2D eigenvalue weighted by Gasteiger charge is 2.25. The zero-order chi connectivity index (χ0) is 14.6. The van der Waals surface area contributed by atoms with E-state index in [1.807, 2.05) is 13.8 Å². The number of halogens is 4. The number of rotatable bonds is 5. The van der Waals surface area contributed by atoms with Crippen LogP contribution in [-0.4, -0.2) is 16.8 Å². The van der Waals surface area contributed by atoms with Crippen molar-refractivity contribution in [3.8, 4) is 0 Å². The van der Waals surface area contributed by atoms with Gasteiger partial charge in [-0.2, -0.15) is 0 Å². The lowest BCUT2D eigenvalue weighted by molar-refractivity contribution is 0.0900. The van der Waals surface area contributed by atoms with E-state index in [4.69, 9.17) is 0 Å². The van der Waals surface area contributed by atoms with E-state index >= 15 is 0 Å². The van der Waals surface area contributed by atoms with Crippen LogP contribution in [0.4, 0.5) is 13.2 Å². The number of hydrogen-bond donors (Lipinski definition) is 1. The summed E-state index contributed by atoms with van der Waals surface area (Å²) in [6.45, 7) is 3.73. The van der Waals surface area contributed by atoms with Gasteiger partial charge >= 0.3 is 0 Å². The van der Waals surface area contributed by atoms with Crippen molar-refractivity contribution >= 4 is 21.8 Å². The van der Waals surface area contributed by atoms with Crippen molar-refractivity contribution in [2.75, 3.05) is 5.33 Å². The molecule has 2 nitrogen and oxygen atoms in total. The Morgan fingerprint density at radius 3 is 2.26 bits per heavy atom. The molecular formula is C13H15BrF3NO. The molecule has 0 heterocycles. The third kappa shape index (κ3) is 3.96. The second-order valence-corrected chi connectivity index (χ2v) is 5.35. The highest BCUT2D eigenvalue weighted by atomic mass is 79.9. The van der Waals surface area contributed by atoms with Gasteiger partial charge in [-0.1, -0.05) is 22.9 Å². The molecule has 0 aliphatic carbocycles. The number of hydrogen-bond acceptors (Lipinski definition) is 1. The van der Waals surface area contributed by atoms with E-state index in [2.05, 4.69) is 21.2 Å². The van der Waals surface area contributed by atoms with E-state index in [-0.39, 0.29) is 5.56 Å². The van der Waals surface area contributed by atoms with Gasteiger partial charge in [-0.05, 0) is 31.9 Å². The Labute approximate surface area is 118 Å². The predicted molar refractivity (Wildman–Crippen MR) is 70.9 cm³/mol. The Balaban J connectivity index is 2.95. The van der Waals surface area contributed by atoms with Gasteiger partial charge < -0.3 is 5.32 Å². The van der Waals surface area contributed by atoms with Crippen molar-refractivity contribution in [1.29, 1.82) is 0 Å². The van der Waals surface area contributed by atoms with Gasteiger partial charge in [0.25, 0.3) is 5.91 Å². The first-order valence-corrected chi connectivity index (χ1v) is 6.98. The van der Waals surface area contributed by atoms with Crippen LogP contribution in [0.1, 0.15) is 37.0 Å². The molecule has 106 valence electrons. The first kappa shape index (κ1) is 16.0. The monoisotopic (exact) mass is 337 g/mol. The van der Waals surface area contributed by atoms with E-state index in [1.54, 1.807) is 0 Å². The predicted octanol–water partition coefficient (Wildman–Crippen LogP) is 3.79. The van der Waals surface area contributed by atoms with Gasteiger partial charge in [0.1, 0.15) is 0 Å². The van der Waals surface area contributed by atoms with Crippen molar-refractivity contribution < 1.29 is 18.0 Å². The molecule has 1 N–H and O–H groups in total. The minimum absolute atomic E-state index is 0.231. The summed E-state index contributed by atoms with van der Waals surface area (Å²) >= 11 is 3.28. The summed E-state index contributed by atoms with van der Waals surface area (Å²) < 4.78 is 38.9. The lowest BCUT2D eigenvalue weighted by atomic mass is 9.95. The van der Waals surface area contributed by atoms with Crippen molar-refractivity contribution in [2.24, 2.45) is 0 Å². The van der Waals surface area contributed by atoms with Gasteiger partial charge in [0.2, 0.25) is 0 Å². The number of nitrogens with one attached hydrogen (secondary N) is 1. The average molecular weight is 338 g/mol. The zero-order valence-electron chi connectivity index (χ0n) is 10.7. The Bertz CT molecular complexity index is 458. The standard InChI is InChI=1S/C13H15BrF3NO/c1-3-13(2,4-5-14)18-12(19)8-6-9(15)11(17)10(16)7-8/h6-7H,3-5H2,1-2H3,(H,18,19). The summed E-state index contributed by atoms with van der Waals surface area (Å²) in [7, 11) is 0. The molecule has 1 rings (SSSR count). The maximum absolute atomic E-state index is 13.1. The number of carbonyl (C=O) groups is 1. The van der Waals surface area contributed by atoms with Crippen LogP contribution in [0.15, 0.2) is 12.1 Å². The van der Waals surface area contributed by atoms with E-state index in [9.17, 15) is 18.0 Å². The number of alkyl halides is 1. The van der Waals surface area contributed by atoms with Gasteiger partial charge in [-0.25, -0.2) is 13.2 Å². The Hall–Kier alpha value is -1.04. The zero-order valence-corrected chi connectivity index (χ0v) is 12.3. The summed E-state index contributed by atoms with van der Waals surface area (Å²) in [5.74, 6) is -4.94. The third-order valence-electron chi connectivity index (χ3n) is 3.09. The fourth-order valence-electron chi connectivity index (χ4n) is 1.57. The van der Waals surface area contributed by atoms with Gasteiger partial charge in [-0.15, -0.1) is 0 Å². The molecule has 6 heteroatoms. The quantitative estimate of drug-likeness (QED) is 0.642. The van der Waals surface area contributed by atoms with Gasteiger partial charge in [0, 0.05) is 16.4 Å². The molecule has 0 saturated carbocycles. The molecule has 0 aliphatic heterocycles. The van der Waals surface area contributed by atoms with Gasteiger partial charge in [0.05, 0.1) is 0 Å². The van der Waals surface area contributed by atoms with Crippen LogP contribution in [0.25, 0.3) is 0 Å². The third-order valence-corrected chi connectivity index (χ3v) is 3.48. The van der Waals surface area contributed by atoms with E-state index < -0.39 is 28.9 Å². The molecule has 0 aliphatic rings. The molecule has 0 spiro atoms. The van der Waals surface area contributed by atoms with Crippen LogP contribution in [0, 0.1) is 17.5 Å². The van der Waals surface area contributed by atoms with E-state index in [1.165, 1.54) is 0 Å². The minimum Gasteiger partial charge on any atom is -0.347 e. The summed E-state index contributed by atoms with van der Waals surface area (Å²) in [6, 6.07) is 1.38. The van der Waals surface area contributed by atoms with Crippen LogP contribution < -0.4 is 5.32 Å². The Kier molecular flexibility index (Phi) is 5.40. The summed E-state index contributed by atoms with van der Waals surface area (Å²) in [5, 5.41) is 3.39. The summed E-state index contributed by atoms with van der Waals surface area (Å²) in [5.41, 5.74) is -0.715. The van der Waals surface area contributed by atoms with E-state index in [0.29, 0.717) is 30.3 Å². The molecule has 0 saturated heterocycles. The Morgan fingerprint density at radius 1 is 1.32 bits per heavy atom. The lowest BCUT2D eigenvalue weighted by Crippen LogP contribution is -2.45. The molecule has 0 aromatic heterocycles. The molecular weight excluding hydrogens is 323 g/mol. The molecule has 1 unspecified atom stereocenters. The molecule has 19 heavy (non-hydrogen) atoms.